The molecule has 0 unspecified atom stereocenters. The summed E-state index contributed by atoms with van der Waals surface area (Å²) >= 11 is 0. The highest BCUT2D eigenvalue weighted by atomic mass is 16.4. The number of aliphatic carboxylic acids is 2. The molecule has 43 heteroatoms. The van der Waals surface area contributed by atoms with Crippen molar-refractivity contribution in [3.05, 3.63) is 36.0 Å². The van der Waals surface area contributed by atoms with E-state index < -0.39 is 268 Å². The first-order valence-corrected chi connectivity index (χ1v) is 36.3. The van der Waals surface area contributed by atoms with E-state index >= 15 is 0 Å². The van der Waals surface area contributed by atoms with Crippen LogP contribution in [0.15, 0.2) is 30.5 Å². The molecule has 1 aromatic carbocycles. The molecule has 1 heterocycles. The maximum atomic E-state index is 14.4. The highest BCUT2D eigenvalue weighted by Gasteiger charge is 2.39. The Morgan fingerprint density at radius 3 is 1.24 bits per heavy atom. The topological polar surface area (TPSA) is 731 Å². The van der Waals surface area contributed by atoms with Crippen LogP contribution in [-0.2, 0) is 92.7 Å². The second kappa shape index (κ2) is 49.3. The summed E-state index contributed by atoms with van der Waals surface area (Å²) in [6.07, 6.45) is -2.71. The van der Waals surface area contributed by atoms with Crippen LogP contribution >= 0.6 is 0 Å². The molecule has 0 saturated carbocycles. The van der Waals surface area contributed by atoms with Crippen molar-refractivity contribution in [1.82, 2.24) is 74.1 Å². The molecule has 16 amide bonds. The van der Waals surface area contributed by atoms with Gasteiger partial charge in [-0.1, -0.05) is 66.2 Å². The number of nitrogens with two attached hydrogens (primary N) is 5. The van der Waals surface area contributed by atoms with Crippen LogP contribution in [-0.4, -0.2) is 260 Å². The first-order valence-electron chi connectivity index (χ1n) is 36.3. The van der Waals surface area contributed by atoms with Gasteiger partial charge in [-0.15, -0.1) is 0 Å². The number of hydrogen-bond donors (Lipinski definition) is 25. The van der Waals surface area contributed by atoms with Gasteiger partial charge in [0, 0.05) is 42.8 Å². The highest BCUT2D eigenvalue weighted by molar-refractivity contribution is 6.01. The minimum atomic E-state index is -2.03. The van der Waals surface area contributed by atoms with E-state index in [2.05, 4.69) is 74.1 Å². The lowest BCUT2D eigenvalue weighted by Crippen LogP contribution is -2.62. The fourth-order valence-electron chi connectivity index (χ4n) is 11.0. The smallest absolute Gasteiger partial charge is 0.326 e. The number of aliphatic hydroxyl groups is 4. The molecule has 0 aliphatic heterocycles. The standard InChI is InChI=1S/C69H111N19O24/c1-8-34(6)55(68(110)80-43(69(111)112)17-20-52(73)94)88-60(102)41(16-19-51(72)93)78-58(100)40(15-11-12-22-70)77-66(108)49(30-91)86-62(104)44(23-32(2)3)81-56(98)35(7)76-65(107)48(29-90)85-63(105)46(25-36-27-75-39-14-10-9-13-37(36)39)83-67(109)50(31-92)87-64(106)47(26-53(74)95)84-59(101)42(18-21-54(96)97)79-61(103)45(24-33(4)5)82-57(99)38(71)28-89/h9-10,13-14,27,32-35,38,40-50,55,75,89-92H,8,11-12,15-26,28-31,70-71H2,1-7H3,(H2,72,93)(H2,73,94)(H2,74,95)(H,76,107)(H,77,108)(H,78,100)(H,79,103)(H,80,110)(H,81,98)(H,82,99)(H,83,109)(H,84,101)(H,85,105)(H,86,104)(H,87,106)(H,88,102)(H,96,97)(H,111,112)/t34-,35-,38-,40-,41-,42-,43-,44-,45-,46-,47-,48-,49-,50-,55-/m0/s1. The normalized spacial score (nSPS) is 15.2. The SMILES string of the molecule is CC[C@H](C)[C@H](NC(=O)[C@H](CCC(N)=O)NC(=O)[C@H](CCCCN)NC(=O)[C@H](CO)NC(=O)[C@H](CC(C)C)NC(=O)[C@H](C)NC(=O)[C@H](CO)NC(=O)[C@H](Cc1c[nH]c2ccccc12)NC(=O)[C@H](CO)NC(=O)[C@H](CC(N)=O)NC(=O)[C@H](CCC(=O)O)NC(=O)[C@H](CC(C)C)NC(=O)[C@@H](N)CO)C(=O)N[C@@H](CCC(N)=O)C(=O)O. The molecule has 0 fully saturated rings. The number of fused-ring (bicyclic) bond motifs is 1. The molecule has 1 aromatic heterocycles. The number of primary amides is 3. The molecule has 626 valence electrons. The molecule has 0 aliphatic carbocycles. The minimum absolute atomic E-state index is 0.0474. The van der Waals surface area contributed by atoms with Crippen molar-refractivity contribution in [3.8, 4) is 0 Å². The molecule has 2 rings (SSSR count). The number of para-hydroxylation sites is 1. The van der Waals surface area contributed by atoms with E-state index in [1.54, 1.807) is 65.8 Å². The predicted octanol–water partition coefficient (Wildman–Crippen LogP) is -9.05. The van der Waals surface area contributed by atoms with Crippen LogP contribution in [0.5, 0.6) is 0 Å². The van der Waals surface area contributed by atoms with E-state index in [-0.39, 0.29) is 56.9 Å². The van der Waals surface area contributed by atoms with Gasteiger partial charge in [-0.05, 0) is 94.2 Å². The number of carboxylic acids is 2. The quantitative estimate of drug-likeness (QED) is 0.0274. The van der Waals surface area contributed by atoms with Crippen molar-refractivity contribution in [2.24, 2.45) is 46.4 Å². The zero-order valence-electron chi connectivity index (χ0n) is 63.6. The third-order valence-electron chi connectivity index (χ3n) is 17.4. The van der Waals surface area contributed by atoms with Gasteiger partial charge in [0.05, 0.1) is 32.8 Å². The molecule has 0 aliphatic rings. The molecule has 15 atom stereocenters. The number of unbranched alkanes of at least 4 members (excludes halogenated alkanes) is 1. The van der Waals surface area contributed by atoms with Crippen LogP contribution in [0.25, 0.3) is 10.9 Å². The molecule has 0 bridgehead atoms. The molecule has 112 heavy (non-hydrogen) atoms. The van der Waals surface area contributed by atoms with E-state index in [1.165, 1.54) is 6.20 Å². The molecular weight excluding hydrogens is 1480 g/mol. The van der Waals surface area contributed by atoms with Crippen molar-refractivity contribution in [2.45, 2.75) is 223 Å². The Morgan fingerprint density at radius 2 is 0.795 bits per heavy atom. The van der Waals surface area contributed by atoms with E-state index in [9.17, 15) is 117 Å². The summed E-state index contributed by atoms with van der Waals surface area (Å²) in [5.74, 6) is -21.9. The number of H-pyrrole nitrogens is 1. The van der Waals surface area contributed by atoms with Gasteiger partial charge in [-0.2, -0.15) is 0 Å². The van der Waals surface area contributed by atoms with E-state index in [0.29, 0.717) is 22.9 Å². The Hall–Kier alpha value is -11.0. The summed E-state index contributed by atoms with van der Waals surface area (Å²) in [5, 5.41) is 91.0. The zero-order valence-corrected chi connectivity index (χ0v) is 63.6. The molecule has 0 spiro atoms. The van der Waals surface area contributed by atoms with Crippen LogP contribution in [0, 0.1) is 17.8 Å². The van der Waals surface area contributed by atoms with Gasteiger partial charge < -0.3 is 133 Å². The molecule has 0 saturated heterocycles. The summed E-state index contributed by atoms with van der Waals surface area (Å²) in [6, 6.07) is -16.9. The van der Waals surface area contributed by atoms with Gasteiger partial charge in [0.1, 0.15) is 84.6 Å². The average Bonchev–Trinajstić information content (AvgIpc) is 1.62. The molecular formula is C69H111N19O24. The summed E-state index contributed by atoms with van der Waals surface area (Å²) in [7, 11) is 0. The highest BCUT2D eigenvalue weighted by Crippen LogP contribution is 2.20. The van der Waals surface area contributed by atoms with Crippen LogP contribution in [0.4, 0.5) is 0 Å². The maximum Gasteiger partial charge on any atom is 0.326 e. The lowest BCUT2D eigenvalue weighted by atomic mass is 9.96. The Balaban J connectivity index is 2.43. The summed E-state index contributed by atoms with van der Waals surface area (Å²) < 4.78 is 0. The Labute approximate surface area is 644 Å². The number of aromatic amines is 1. The number of amides is 16. The Kier molecular flexibility index (Phi) is 42.7. The first-order chi connectivity index (χ1) is 52.6. The second-order valence-corrected chi connectivity index (χ2v) is 27.7. The lowest BCUT2D eigenvalue weighted by Gasteiger charge is -2.29. The summed E-state index contributed by atoms with van der Waals surface area (Å²) in [5.41, 5.74) is 28.2. The number of aliphatic hydroxyl groups excluding tert-OH is 4. The molecule has 43 nitrogen and oxygen atoms in total. The largest absolute Gasteiger partial charge is 0.481 e. The van der Waals surface area contributed by atoms with Crippen molar-refractivity contribution >= 4 is 117 Å². The molecule has 0 radical (unpaired) electrons. The van der Waals surface area contributed by atoms with E-state index in [0.717, 1.165) is 6.92 Å². The van der Waals surface area contributed by atoms with Gasteiger partial charge in [0.2, 0.25) is 94.5 Å². The van der Waals surface area contributed by atoms with E-state index in [4.69, 9.17) is 28.7 Å². The second-order valence-electron chi connectivity index (χ2n) is 27.7. The summed E-state index contributed by atoms with van der Waals surface area (Å²) in [6.45, 7) is 6.82. The third kappa shape index (κ3) is 34.1. The number of carbonyl (C=O) groups excluding carboxylic acids is 16. The van der Waals surface area contributed by atoms with E-state index in [1.807, 2.05) is 0 Å². The number of nitrogens with one attached hydrogen (secondary N) is 14. The zero-order chi connectivity index (χ0) is 84.8. The lowest BCUT2D eigenvalue weighted by molar-refractivity contribution is -0.143. The molecule has 30 N–H and O–H groups in total. The van der Waals surface area contributed by atoms with Gasteiger partial charge in [0.15, 0.2) is 0 Å². The number of hydrogen-bond acceptors (Lipinski definition) is 24. The van der Waals surface area contributed by atoms with Crippen LogP contribution in [0.1, 0.15) is 138 Å². The maximum absolute atomic E-state index is 14.4. The van der Waals surface area contributed by atoms with Crippen LogP contribution in [0.3, 0.4) is 0 Å². The minimum Gasteiger partial charge on any atom is -0.481 e. The Bertz CT molecular complexity index is 3600. The van der Waals surface area contributed by atoms with Crippen LogP contribution in [0.2, 0.25) is 0 Å². The number of carboxylic acid groups (broad SMARTS) is 2. The predicted molar refractivity (Wildman–Crippen MR) is 396 cm³/mol. The van der Waals surface area contributed by atoms with Crippen molar-refractivity contribution in [1.29, 1.82) is 0 Å². The third-order valence-corrected chi connectivity index (χ3v) is 17.4. The first kappa shape index (κ1) is 97.1. The molecule has 2 aromatic rings. The average molecular weight is 1590 g/mol. The monoisotopic (exact) mass is 1590 g/mol. The number of benzene rings is 1. The van der Waals surface area contributed by atoms with Crippen molar-refractivity contribution in [2.75, 3.05) is 33.0 Å². The Morgan fingerprint density at radius 1 is 0.411 bits per heavy atom. The van der Waals surface area contributed by atoms with Gasteiger partial charge in [-0.3, -0.25) is 81.5 Å². The fourth-order valence-corrected chi connectivity index (χ4v) is 11.0. The number of aromatic nitrogens is 1. The number of carbonyl (C=O) groups is 18. The number of rotatable bonds is 54. The van der Waals surface area contributed by atoms with Crippen molar-refractivity contribution in [3.63, 3.8) is 0 Å². The van der Waals surface area contributed by atoms with Crippen LogP contribution < -0.4 is 97.8 Å². The van der Waals surface area contributed by atoms with Crippen molar-refractivity contribution < 1.29 is 117 Å². The summed E-state index contributed by atoms with van der Waals surface area (Å²) in [4.78, 5) is 243. The van der Waals surface area contributed by atoms with Gasteiger partial charge in [-0.25, -0.2) is 4.79 Å². The fraction of sp³-hybridized carbons (Fsp3) is 0.623. The van der Waals surface area contributed by atoms with Gasteiger partial charge in [0.25, 0.3) is 0 Å². The van der Waals surface area contributed by atoms with Gasteiger partial charge >= 0.3 is 11.9 Å².